The van der Waals surface area contributed by atoms with Gasteiger partial charge in [0.15, 0.2) is 0 Å². The van der Waals surface area contributed by atoms with Crippen LogP contribution < -0.4 is 0 Å². The monoisotopic (exact) mass is 303 g/mol. The van der Waals surface area contributed by atoms with Crippen molar-refractivity contribution in [1.82, 2.24) is 4.90 Å². The lowest BCUT2D eigenvalue weighted by Crippen LogP contribution is -2.47. The Kier molecular flexibility index (Phi) is 7.59. The zero-order valence-electron chi connectivity index (χ0n) is 13.4. The lowest BCUT2D eigenvalue weighted by Gasteiger charge is -2.38. The number of methoxy groups -OCH3 is 1. The van der Waals surface area contributed by atoms with Gasteiger partial charge in [-0.3, -0.25) is 4.79 Å². The highest BCUT2D eigenvalue weighted by atomic mass is 16.5. The Hall–Kier alpha value is -0.690. The highest BCUT2D eigenvalue weighted by Gasteiger charge is 2.37. The van der Waals surface area contributed by atoms with E-state index in [1.807, 2.05) is 11.9 Å². The third-order valence-electron chi connectivity index (χ3n) is 3.98. The summed E-state index contributed by atoms with van der Waals surface area (Å²) in [6, 6.07) is 0. The van der Waals surface area contributed by atoms with E-state index in [2.05, 4.69) is 0 Å². The number of hydrogen-bond donors (Lipinski definition) is 2. The summed E-state index contributed by atoms with van der Waals surface area (Å²) in [6.45, 7) is 3.44. The van der Waals surface area contributed by atoms with Gasteiger partial charge in [0.05, 0.1) is 30.8 Å². The van der Waals surface area contributed by atoms with Gasteiger partial charge >= 0.3 is 5.97 Å². The number of aliphatic hydroxyl groups is 2. The van der Waals surface area contributed by atoms with E-state index in [9.17, 15) is 15.0 Å². The molecule has 1 saturated carbocycles. The molecule has 0 aromatic rings. The number of hydrogen-bond acceptors (Lipinski definition) is 6. The Balaban J connectivity index is 2.38. The topological polar surface area (TPSA) is 79.2 Å². The molecule has 124 valence electrons. The predicted molar refractivity (Wildman–Crippen MR) is 78.9 cm³/mol. The molecule has 0 aliphatic heterocycles. The van der Waals surface area contributed by atoms with E-state index in [1.165, 1.54) is 0 Å². The predicted octanol–water partition coefficient (Wildman–Crippen LogP) is 0.410. The molecule has 1 rings (SSSR count). The Morgan fingerprint density at radius 3 is 2.57 bits per heavy atom. The lowest BCUT2D eigenvalue weighted by atomic mass is 9.78. The number of carbonyl (C=O) groups excluding carboxylic acids is 1. The van der Waals surface area contributed by atoms with E-state index in [1.54, 1.807) is 14.0 Å². The summed E-state index contributed by atoms with van der Waals surface area (Å²) >= 11 is 0. The Morgan fingerprint density at radius 2 is 2.05 bits per heavy atom. The summed E-state index contributed by atoms with van der Waals surface area (Å²) in [5.41, 5.74) is -0.787. The number of nitrogens with zero attached hydrogens (tertiary/aromatic N) is 1. The van der Waals surface area contributed by atoms with Crippen molar-refractivity contribution in [1.29, 1.82) is 0 Å². The van der Waals surface area contributed by atoms with Gasteiger partial charge in [-0.15, -0.1) is 0 Å². The Morgan fingerprint density at radius 1 is 1.43 bits per heavy atom. The van der Waals surface area contributed by atoms with Gasteiger partial charge in [-0.25, -0.2) is 0 Å². The second-order valence-electron chi connectivity index (χ2n) is 6.06. The van der Waals surface area contributed by atoms with Crippen molar-refractivity contribution in [2.75, 3.05) is 40.5 Å². The summed E-state index contributed by atoms with van der Waals surface area (Å²) in [7, 11) is 3.42. The highest BCUT2D eigenvalue weighted by Crippen LogP contribution is 2.33. The minimum atomic E-state index is -0.787. The van der Waals surface area contributed by atoms with Crippen LogP contribution in [0.2, 0.25) is 0 Å². The first-order valence-corrected chi connectivity index (χ1v) is 7.64. The third-order valence-corrected chi connectivity index (χ3v) is 3.98. The van der Waals surface area contributed by atoms with Crippen LogP contribution in [-0.4, -0.2) is 73.2 Å². The van der Waals surface area contributed by atoms with Crippen LogP contribution in [0.4, 0.5) is 0 Å². The first-order valence-electron chi connectivity index (χ1n) is 7.64. The second kappa shape index (κ2) is 8.68. The fourth-order valence-corrected chi connectivity index (χ4v) is 2.98. The number of ether oxygens (including phenoxy) is 2. The van der Waals surface area contributed by atoms with E-state index < -0.39 is 11.7 Å². The summed E-state index contributed by atoms with van der Waals surface area (Å²) in [5.74, 6) is -0.238. The van der Waals surface area contributed by atoms with Crippen molar-refractivity contribution in [3.8, 4) is 0 Å². The normalized spacial score (nSPS) is 27.6. The maximum Gasteiger partial charge on any atom is 0.308 e. The third kappa shape index (κ3) is 6.30. The highest BCUT2D eigenvalue weighted by molar-refractivity contribution is 5.72. The molecule has 1 unspecified atom stereocenters. The number of likely N-dealkylation sites (N-methyl/N-ethyl adjacent to an activating group) is 1. The van der Waals surface area contributed by atoms with Crippen LogP contribution in [0.15, 0.2) is 0 Å². The largest absolute Gasteiger partial charge is 0.466 e. The lowest BCUT2D eigenvalue weighted by molar-refractivity contribution is -0.151. The van der Waals surface area contributed by atoms with Gasteiger partial charge in [-0.2, -0.15) is 0 Å². The molecule has 0 amide bonds. The van der Waals surface area contributed by atoms with Crippen LogP contribution >= 0.6 is 0 Å². The van der Waals surface area contributed by atoms with Crippen LogP contribution in [0.3, 0.4) is 0 Å². The van der Waals surface area contributed by atoms with Crippen molar-refractivity contribution in [2.24, 2.45) is 5.92 Å². The Bertz CT molecular complexity index is 315. The van der Waals surface area contributed by atoms with Crippen LogP contribution in [-0.2, 0) is 14.3 Å². The van der Waals surface area contributed by atoms with E-state index >= 15 is 0 Å². The number of esters is 1. The van der Waals surface area contributed by atoms with Gasteiger partial charge in [0, 0.05) is 20.2 Å². The van der Waals surface area contributed by atoms with Crippen LogP contribution in [0.25, 0.3) is 0 Å². The van der Waals surface area contributed by atoms with E-state index in [4.69, 9.17) is 9.47 Å². The average molecular weight is 303 g/mol. The average Bonchev–Trinajstić information content (AvgIpc) is 2.39. The molecule has 0 radical (unpaired) electrons. The molecule has 2 N–H and O–H groups in total. The van der Waals surface area contributed by atoms with E-state index in [0.29, 0.717) is 45.4 Å². The Labute approximate surface area is 127 Å². The molecule has 21 heavy (non-hydrogen) atoms. The summed E-state index contributed by atoms with van der Waals surface area (Å²) in [4.78, 5) is 13.6. The van der Waals surface area contributed by atoms with Gasteiger partial charge in [-0.1, -0.05) is 0 Å². The van der Waals surface area contributed by atoms with Crippen molar-refractivity contribution in [3.63, 3.8) is 0 Å². The maximum absolute atomic E-state index is 11.7. The molecule has 1 aliphatic carbocycles. The minimum absolute atomic E-state index is 0.0883. The summed E-state index contributed by atoms with van der Waals surface area (Å²) < 4.78 is 9.92. The van der Waals surface area contributed by atoms with Crippen molar-refractivity contribution >= 4 is 5.97 Å². The second-order valence-corrected chi connectivity index (χ2v) is 6.06. The summed E-state index contributed by atoms with van der Waals surface area (Å²) in [5, 5.41) is 20.3. The van der Waals surface area contributed by atoms with Crippen LogP contribution in [0.5, 0.6) is 0 Å². The van der Waals surface area contributed by atoms with Crippen LogP contribution in [0.1, 0.15) is 32.6 Å². The molecule has 0 bridgehead atoms. The molecule has 1 atom stereocenters. The van der Waals surface area contributed by atoms with Crippen LogP contribution in [0, 0.1) is 5.92 Å². The first kappa shape index (κ1) is 18.4. The molecule has 1 aliphatic rings. The molecular formula is C15H29NO5. The molecule has 0 saturated heterocycles. The van der Waals surface area contributed by atoms with Gasteiger partial charge in [-0.05, 0) is 39.7 Å². The SMILES string of the molecule is CCOC(=O)C1CCC(O)(CN(C)CC(O)COC)CC1. The van der Waals surface area contributed by atoms with Crippen molar-refractivity contribution in [2.45, 2.75) is 44.3 Å². The zero-order valence-corrected chi connectivity index (χ0v) is 13.4. The number of aliphatic hydroxyl groups excluding tert-OH is 1. The molecule has 0 aromatic carbocycles. The smallest absolute Gasteiger partial charge is 0.308 e. The number of carbonyl (C=O) groups is 1. The first-order chi connectivity index (χ1) is 9.90. The standard InChI is InChI=1S/C15H29NO5/c1-4-21-14(18)12-5-7-15(19,8-6-12)11-16(2)9-13(17)10-20-3/h12-13,17,19H,4-11H2,1-3H3. The molecule has 0 aromatic heterocycles. The fourth-order valence-electron chi connectivity index (χ4n) is 2.98. The molecule has 0 heterocycles. The van der Waals surface area contributed by atoms with E-state index in [0.717, 1.165) is 0 Å². The molecule has 1 fully saturated rings. The van der Waals surface area contributed by atoms with E-state index in [-0.39, 0.29) is 18.5 Å². The number of rotatable bonds is 8. The maximum atomic E-state index is 11.7. The van der Waals surface area contributed by atoms with Gasteiger partial charge in [0.25, 0.3) is 0 Å². The minimum Gasteiger partial charge on any atom is -0.466 e. The quantitative estimate of drug-likeness (QED) is 0.632. The molecule has 6 nitrogen and oxygen atoms in total. The summed E-state index contributed by atoms with van der Waals surface area (Å²) in [6.07, 6.45) is 1.93. The zero-order chi connectivity index (χ0) is 15.9. The van der Waals surface area contributed by atoms with Crippen molar-refractivity contribution < 1.29 is 24.5 Å². The molecule has 6 heteroatoms. The van der Waals surface area contributed by atoms with Gasteiger partial charge in [0.1, 0.15) is 0 Å². The fraction of sp³-hybridized carbons (Fsp3) is 0.933. The van der Waals surface area contributed by atoms with Crippen molar-refractivity contribution in [3.05, 3.63) is 0 Å². The van der Waals surface area contributed by atoms with Gasteiger partial charge < -0.3 is 24.6 Å². The van der Waals surface area contributed by atoms with Gasteiger partial charge in [0.2, 0.25) is 0 Å². The molecule has 0 spiro atoms. The molecular weight excluding hydrogens is 274 g/mol.